The molecule has 0 aliphatic heterocycles. The topological polar surface area (TPSA) is 66.5 Å². The standard InChI is InChI=1S/C19H29NO2/c1-18-10-9-14-12(13(18)6-8-16(18)20)5-3-11-4-7-15(21)17(22)19(11,14)2/h8,11-14,21-22H,3-7,9-10,20H2,1-2H3/t11?,12-,13-,14-,18-,19-/m0/s1. The van der Waals surface area contributed by atoms with Crippen LogP contribution in [0.4, 0.5) is 0 Å². The van der Waals surface area contributed by atoms with Gasteiger partial charge in [-0.1, -0.05) is 19.9 Å². The average molecular weight is 303 g/mol. The van der Waals surface area contributed by atoms with Crippen molar-refractivity contribution in [1.82, 2.24) is 0 Å². The number of aliphatic hydroxyl groups is 2. The zero-order valence-corrected chi connectivity index (χ0v) is 13.8. The number of allylic oxidation sites excluding steroid dienone is 4. The lowest BCUT2D eigenvalue weighted by Gasteiger charge is -2.59. The molecule has 0 aromatic carbocycles. The van der Waals surface area contributed by atoms with Gasteiger partial charge in [0, 0.05) is 22.9 Å². The molecule has 4 aliphatic carbocycles. The molecule has 0 bridgehead atoms. The van der Waals surface area contributed by atoms with Gasteiger partial charge in [0.2, 0.25) is 0 Å². The van der Waals surface area contributed by atoms with Gasteiger partial charge in [0.1, 0.15) is 11.5 Å². The Morgan fingerprint density at radius 3 is 2.64 bits per heavy atom. The monoisotopic (exact) mass is 303 g/mol. The van der Waals surface area contributed by atoms with Gasteiger partial charge in [0.05, 0.1) is 0 Å². The number of rotatable bonds is 0. The molecule has 122 valence electrons. The Balaban J connectivity index is 1.73. The first-order valence-corrected chi connectivity index (χ1v) is 8.96. The predicted molar refractivity (Wildman–Crippen MR) is 87.0 cm³/mol. The van der Waals surface area contributed by atoms with E-state index in [0.29, 0.717) is 35.9 Å². The summed E-state index contributed by atoms with van der Waals surface area (Å²) in [6, 6.07) is 0. The van der Waals surface area contributed by atoms with E-state index in [2.05, 4.69) is 19.9 Å². The fourth-order valence-electron chi connectivity index (χ4n) is 6.58. The van der Waals surface area contributed by atoms with E-state index in [1.54, 1.807) is 0 Å². The number of aliphatic hydroxyl groups excluding tert-OH is 2. The van der Waals surface area contributed by atoms with Gasteiger partial charge in [0.25, 0.3) is 0 Å². The Morgan fingerprint density at radius 2 is 1.86 bits per heavy atom. The average Bonchev–Trinajstić information content (AvgIpc) is 2.80. The molecule has 2 fully saturated rings. The van der Waals surface area contributed by atoms with Crippen LogP contribution in [0.3, 0.4) is 0 Å². The highest BCUT2D eigenvalue weighted by Crippen LogP contribution is 2.66. The Hall–Kier alpha value is -1.12. The van der Waals surface area contributed by atoms with E-state index in [9.17, 15) is 10.2 Å². The van der Waals surface area contributed by atoms with E-state index in [4.69, 9.17) is 5.73 Å². The van der Waals surface area contributed by atoms with Crippen LogP contribution in [0.5, 0.6) is 0 Å². The van der Waals surface area contributed by atoms with Crippen LogP contribution in [-0.2, 0) is 0 Å². The highest BCUT2D eigenvalue weighted by molar-refractivity contribution is 5.26. The molecule has 0 heterocycles. The predicted octanol–water partition coefficient (Wildman–Crippen LogP) is 4.42. The van der Waals surface area contributed by atoms with Gasteiger partial charge in [-0.2, -0.15) is 0 Å². The third-order valence-corrected chi connectivity index (χ3v) is 8.06. The third-order valence-electron chi connectivity index (χ3n) is 8.06. The summed E-state index contributed by atoms with van der Waals surface area (Å²) in [7, 11) is 0. The summed E-state index contributed by atoms with van der Waals surface area (Å²) in [4.78, 5) is 0. The first-order valence-electron chi connectivity index (χ1n) is 8.96. The molecular weight excluding hydrogens is 274 g/mol. The minimum atomic E-state index is -0.218. The second-order valence-corrected chi connectivity index (χ2v) is 8.62. The molecule has 22 heavy (non-hydrogen) atoms. The Kier molecular flexibility index (Phi) is 2.93. The van der Waals surface area contributed by atoms with Crippen molar-refractivity contribution in [1.29, 1.82) is 0 Å². The smallest absolute Gasteiger partial charge is 0.136 e. The van der Waals surface area contributed by atoms with Crippen LogP contribution in [0, 0.1) is 34.5 Å². The molecule has 3 nitrogen and oxygen atoms in total. The summed E-state index contributed by atoms with van der Waals surface area (Å²) in [6.45, 7) is 4.56. The van der Waals surface area contributed by atoms with Gasteiger partial charge in [-0.3, -0.25) is 0 Å². The van der Waals surface area contributed by atoms with Gasteiger partial charge >= 0.3 is 0 Å². The molecule has 4 aliphatic rings. The number of hydrogen-bond donors (Lipinski definition) is 3. The van der Waals surface area contributed by atoms with Gasteiger partial charge in [0.15, 0.2) is 0 Å². The summed E-state index contributed by atoms with van der Waals surface area (Å²) < 4.78 is 0. The fourth-order valence-corrected chi connectivity index (χ4v) is 6.58. The van der Waals surface area contributed by atoms with Crippen molar-refractivity contribution in [3.63, 3.8) is 0 Å². The summed E-state index contributed by atoms with van der Waals surface area (Å²) in [5, 5.41) is 20.9. The van der Waals surface area contributed by atoms with Crippen LogP contribution in [0.15, 0.2) is 23.3 Å². The molecule has 2 saturated carbocycles. The molecule has 0 spiro atoms. The molecule has 6 atom stereocenters. The highest BCUT2D eigenvalue weighted by atomic mass is 16.3. The molecule has 0 amide bonds. The lowest BCUT2D eigenvalue weighted by Crippen LogP contribution is -2.53. The van der Waals surface area contributed by atoms with E-state index in [0.717, 1.165) is 31.4 Å². The van der Waals surface area contributed by atoms with E-state index >= 15 is 0 Å². The molecule has 0 radical (unpaired) electrons. The SMILES string of the molecule is C[C@]12C(O)=C(O)CCC1CC[C@@H]1[C@@H]2CC[C@]2(C)C(N)=CC[C@@H]12. The zero-order chi connectivity index (χ0) is 15.7. The first-order chi connectivity index (χ1) is 10.4. The highest BCUT2D eigenvalue weighted by Gasteiger charge is 2.60. The Labute approximate surface area is 133 Å². The van der Waals surface area contributed by atoms with Crippen molar-refractivity contribution in [2.24, 2.45) is 40.2 Å². The van der Waals surface area contributed by atoms with Crippen LogP contribution in [0.25, 0.3) is 0 Å². The summed E-state index contributed by atoms with van der Waals surface area (Å²) >= 11 is 0. The van der Waals surface area contributed by atoms with Crippen LogP contribution < -0.4 is 5.73 Å². The number of fused-ring (bicyclic) bond motifs is 5. The van der Waals surface area contributed by atoms with Crippen molar-refractivity contribution < 1.29 is 10.2 Å². The summed E-state index contributed by atoms with van der Waals surface area (Å²) in [6.07, 6.45) is 9.71. The largest absolute Gasteiger partial charge is 0.509 e. The van der Waals surface area contributed by atoms with Crippen molar-refractivity contribution >= 4 is 0 Å². The van der Waals surface area contributed by atoms with Crippen LogP contribution in [0.1, 0.15) is 58.8 Å². The van der Waals surface area contributed by atoms with Crippen molar-refractivity contribution in [2.45, 2.75) is 58.8 Å². The minimum absolute atomic E-state index is 0.167. The molecule has 0 aromatic heterocycles. The first kappa shape index (κ1) is 14.5. The maximum absolute atomic E-state index is 10.7. The lowest BCUT2D eigenvalue weighted by molar-refractivity contribution is -0.0908. The number of nitrogens with two attached hydrogens (primary N) is 1. The van der Waals surface area contributed by atoms with Crippen molar-refractivity contribution in [2.75, 3.05) is 0 Å². The maximum atomic E-state index is 10.7. The molecule has 3 heteroatoms. The Morgan fingerprint density at radius 1 is 1.09 bits per heavy atom. The third kappa shape index (κ3) is 1.58. The van der Waals surface area contributed by atoms with Gasteiger partial charge in [-0.15, -0.1) is 0 Å². The van der Waals surface area contributed by atoms with E-state index < -0.39 is 0 Å². The fraction of sp³-hybridized carbons (Fsp3) is 0.789. The van der Waals surface area contributed by atoms with Crippen LogP contribution in [0.2, 0.25) is 0 Å². The van der Waals surface area contributed by atoms with E-state index in [1.165, 1.54) is 12.8 Å². The molecule has 4 rings (SSSR count). The second kappa shape index (κ2) is 4.46. The second-order valence-electron chi connectivity index (χ2n) is 8.62. The summed E-state index contributed by atoms with van der Waals surface area (Å²) in [5.41, 5.74) is 7.36. The quantitative estimate of drug-likeness (QED) is 0.620. The van der Waals surface area contributed by atoms with Gasteiger partial charge in [-0.05, 0) is 62.2 Å². The van der Waals surface area contributed by atoms with Gasteiger partial charge < -0.3 is 15.9 Å². The number of hydrogen-bond acceptors (Lipinski definition) is 3. The van der Waals surface area contributed by atoms with Gasteiger partial charge in [-0.25, -0.2) is 0 Å². The minimum Gasteiger partial charge on any atom is -0.509 e. The van der Waals surface area contributed by atoms with Crippen LogP contribution >= 0.6 is 0 Å². The lowest BCUT2D eigenvalue weighted by atomic mass is 9.45. The van der Waals surface area contributed by atoms with E-state index in [1.807, 2.05) is 0 Å². The van der Waals surface area contributed by atoms with Crippen LogP contribution in [-0.4, -0.2) is 10.2 Å². The van der Waals surface area contributed by atoms with E-state index in [-0.39, 0.29) is 16.6 Å². The van der Waals surface area contributed by atoms with Crippen molar-refractivity contribution in [3.8, 4) is 0 Å². The molecular formula is C19H29NO2. The molecule has 0 saturated heterocycles. The molecule has 1 unspecified atom stereocenters. The maximum Gasteiger partial charge on any atom is 0.136 e. The van der Waals surface area contributed by atoms with Crippen molar-refractivity contribution in [3.05, 3.63) is 23.3 Å². The molecule has 0 aromatic rings. The summed E-state index contributed by atoms with van der Waals surface area (Å²) in [5.74, 6) is 2.83. The zero-order valence-electron chi connectivity index (χ0n) is 13.8. The normalized spacial score (nSPS) is 50.9. The molecule has 4 N–H and O–H groups in total. The Bertz CT molecular complexity index is 566.